The Bertz CT molecular complexity index is 1460. The molecule has 184 valence electrons. The zero-order chi connectivity index (χ0) is 24.6. The third-order valence-electron chi connectivity index (χ3n) is 6.67. The molecule has 1 atom stereocenters. The number of benzene rings is 3. The number of aromatic nitrogens is 1. The van der Waals surface area contributed by atoms with E-state index in [-0.39, 0.29) is 5.92 Å². The molecule has 1 aromatic heterocycles. The van der Waals surface area contributed by atoms with Gasteiger partial charge in [-0.2, -0.15) is 4.37 Å². The second-order valence-corrected chi connectivity index (χ2v) is 10.3. The summed E-state index contributed by atoms with van der Waals surface area (Å²) >= 11 is 8.28. The molecule has 2 N–H and O–H groups in total. The number of anilines is 2. The van der Waals surface area contributed by atoms with E-state index in [1.807, 2.05) is 36.4 Å². The van der Waals surface area contributed by atoms with E-state index in [1.165, 1.54) is 11.5 Å². The molecular formula is C27H24ClN3O4S. The molecule has 4 aromatic rings. The summed E-state index contributed by atoms with van der Waals surface area (Å²) in [6.07, 6.45) is 0.707. The Hall–Kier alpha value is -3.33. The van der Waals surface area contributed by atoms with Crippen LogP contribution in [-0.4, -0.2) is 46.7 Å². The Kier molecular flexibility index (Phi) is 6.17. The number of carboxylic acids is 1. The van der Waals surface area contributed by atoms with E-state index in [0.29, 0.717) is 31.2 Å². The number of rotatable bonds is 6. The van der Waals surface area contributed by atoms with Gasteiger partial charge in [-0.05, 0) is 66.0 Å². The highest BCUT2D eigenvalue weighted by Gasteiger charge is 2.27. The molecule has 1 unspecified atom stereocenters. The Morgan fingerprint density at radius 3 is 2.83 bits per heavy atom. The lowest BCUT2D eigenvalue weighted by molar-refractivity contribution is -0.141. The van der Waals surface area contributed by atoms with Crippen LogP contribution in [0.25, 0.3) is 21.2 Å². The van der Waals surface area contributed by atoms with E-state index in [4.69, 9.17) is 21.1 Å². The molecule has 0 amide bonds. The number of carbonyl (C=O) groups is 1. The summed E-state index contributed by atoms with van der Waals surface area (Å²) in [4.78, 5) is 13.4. The number of likely N-dealkylation sites (tertiary alicyclic amines) is 1. The summed E-state index contributed by atoms with van der Waals surface area (Å²) in [5.74, 6) is 1.25. The number of aliphatic carboxylic acids is 1. The maximum absolute atomic E-state index is 11.2. The molecule has 9 heteroatoms. The number of nitrogens with one attached hydrogen (secondary N) is 1. The van der Waals surface area contributed by atoms with Crippen LogP contribution in [-0.2, 0) is 11.3 Å². The minimum Gasteiger partial charge on any atom is -0.486 e. The molecular weight excluding hydrogens is 498 g/mol. The van der Waals surface area contributed by atoms with Crippen molar-refractivity contribution < 1.29 is 19.4 Å². The molecule has 0 aliphatic carbocycles. The van der Waals surface area contributed by atoms with Crippen LogP contribution in [0.5, 0.6) is 11.5 Å². The predicted octanol–water partition coefficient (Wildman–Crippen LogP) is 6.04. The lowest BCUT2D eigenvalue weighted by Gasteiger charge is -2.19. The molecule has 0 radical (unpaired) electrons. The summed E-state index contributed by atoms with van der Waals surface area (Å²) in [5, 5.41) is 14.3. The molecule has 36 heavy (non-hydrogen) atoms. The topological polar surface area (TPSA) is 83.9 Å². The molecule has 0 bridgehead atoms. The van der Waals surface area contributed by atoms with E-state index >= 15 is 0 Å². The molecule has 0 saturated carbocycles. The lowest BCUT2D eigenvalue weighted by Crippen LogP contribution is -2.22. The monoisotopic (exact) mass is 521 g/mol. The van der Waals surface area contributed by atoms with Crippen molar-refractivity contribution in [3.63, 3.8) is 0 Å². The normalized spacial score (nSPS) is 17.4. The molecule has 6 rings (SSSR count). The Morgan fingerprint density at radius 1 is 1.14 bits per heavy atom. The Morgan fingerprint density at radius 2 is 2.00 bits per heavy atom. The number of fused-ring (bicyclic) bond motifs is 2. The van der Waals surface area contributed by atoms with Crippen LogP contribution in [0.1, 0.15) is 12.0 Å². The highest BCUT2D eigenvalue weighted by Crippen LogP contribution is 2.40. The van der Waals surface area contributed by atoms with Crippen LogP contribution in [0.15, 0.2) is 54.6 Å². The second-order valence-electron chi connectivity index (χ2n) is 9.07. The fourth-order valence-electron chi connectivity index (χ4n) is 4.80. The molecule has 2 aliphatic rings. The first-order valence-corrected chi connectivity index (χ1v) is 13.0. The predicted molar refractivity (Wildman–Crippen MR) is 142 cm³/mol. The van der Waals surface area contributed by atoms with E-state index in [1.54, 1.807) is 0 Å². The first kappa shape index (κ1) is 23.1. The van der Waals surface area contributed by atoms with Gasteiger partial charge in [0.05, 0.1) is 21.3 Å². The van der Waals surface area contributed by atoms with Crippen LogP contribution in [0.3, 0.4) is 0 Å². The van der Waals surface area contributed by atoms with Gasteiger partial charge in [-0.1, -0.05) is 35.9 Å². The molecule has 7 nitrogen and oxygen atoms in total. The average Bonchev–Trinajstić information content (AvgIpc) is 3.52. The van der Waals surface area contributed by atoms with Crippen LogP contribution < -0.4 is 14.8 Å². The highest BCUT2D eigenvalue weighted by molar-refractivity contribution is 7.13. The third-order valence-corrected chi connectivity index (χ3v) is 7.88. The van der Waals surface area contributed by atoms with Crippen LogP contribution >= 0.6 is 23.1 Å². The number of carboxylic acid groups (broad SMARTS) is 1. The second kappa shape index (κ2) is 9.61. The van der Waals surface area contributed by atoms with Crippen molar-refractivity contribution in [1.82, 2.24) is 9.27 Å². The summed E-state index contributed by atoms with van der Waals surface area (Å²) in [6.45, 7) is 3.23. The van der Waals surface area contributed by atoms with Gasteiger partial charge < -0.3 is 19.9 Å². The van der Waals surface area contributed by atoms with Crippen molar-refractivity contribution in [2.24, 2.45) is 5.92 Å². The molecule has 0 spiro atoms. The molecule has 3 heterocycles. The number of halogens is 1. The van der Waals surface area contributed by atoms with Crippen molar-refractivity contribution in [1.29, 1.82) is 0 Å². The molecule has 3 aromatic carbocycles. The minimum atomic E-state index is -0.706. The third kappa shape index (κ3) is 4.48. The van der Waals surface area contributed by atoms with E-state index in [9.17, 15) is 9.90 Å². The lowest BCUT2D eigenvalue weighted by atomic mass is 10.0. The fraction of sp³-hybridized carbons (Fsp3) is 0.259. The standard InChI is InChI=1S/C27H24ClN3O4S/c28-25-19(17-5-7-22-23(13-17)35-11-10-34-22)2-1-3-21(25)29-26-20-6-4-16(12-24(20)36-30-26)14-31-9-8-18(15-31)27(32)33/h1-7,12-13,18H,8-11,14-15H2,(H,29,30)(H,32,33). The van der Waals surface area contributed by atoms with Crippen molar-refractivity contribution in [3.8, 4) is 22.6 Å². The zero-order valence-electron chi connectivity index (χ0n) is 19.4. The fourth-order valence-corrected chi connectivity index (χ4v) is 5.88. The SMILES string of the molecule is O=C(O)C1CCN(Cc2ccc3c(Nc4cccc(-c5ccc6c(c5)OCCO6)c4Cl)nsc3c2)C1. The summed E-state index contributed by atoms with van der Waals surface area (Å²) in [6, 6.07) is 18.0. The zero-order valence-corrected chi connectivity index (χ0v) is 20.9. The first-order chi connectivity index (χ1) is 17.5. The molecule has 2 aliphatic heterocycles. The summed E-state index contributed by atoms with van der Waals surface area (Å²) < 4.78 is 17.1. The van der Waals surface area contributed by atoms with Gasteiger partial charge in [0.1, 0.15) is 13.2 Å². The van der Waals surface area contributed by atoms with E-state index in [2.05, 4.69) is 32.8 Å². The van der Waals surface area contributed by atoms with Gasteiger partial charge in [-0.25, -0.2) is 0 Å². The minimum absolute atomic E-state index is 0.268. The van der Waals surface area contributed by atoms with Crippen molar-refractivity contribution in [2.45, 2.75) is 13.0 Å². The Labute approximate surface area is 217 Å². The largest absolute Gasteiger partial charge is 0.486 e. The van der Waals surface area contributed by atoms with Gasteiger partial charge in [0.25, 0.3) is 0 Å². The van der Waals surface area contributed by atoms with Gasteiger partial charge in [0.15, 0.2) is 17.3 Å². The maximum Gasteiger partial charge on any atom is 0.307 e. The highest BCUT2D eigenvalue weighted by atomic mass is 35.5. The average molecular weight is 522 g/mol. The van der Waals surface area contributed by atoms with Gasteiger partial charge in [0, 0.05) is 24.0 Å². The van der Waals surface area contributed by atoms with Gasteiger partial charge in [-0.3, -0.25) is 9.69 Å². The summed E-state index contributed by atoms with van der Waals surface area (Å²) in [5.41, 5.74) is 3.78. The van der Waals surface area contributed by atoms with Crippen molar-refractivity contribution >= 4 is 50.7 Å². The number of ether oxygens (including phenoxy) is 2. The van der Waals surface area contributed by atoms with Gasteiger partial charge in [0.2, 0.25) is 0 Å². The number of hydrogen-bond donors (Lipinski definition) is 2. The smallest absolute Gasteiger partial charge is 0.307 e. The van der Waals surface area contributed by atoms with E-state index < -0.39 is 5.97 Å². The van der Waals surface area contributed by atoms with Crippen LogP contribution in [0, 0.1) is 5.92 Å². The van der Waals surface area contributed by atoms with Gasteiger partial charge >= 0.3 is 5.97 Å². The Balaban J connectivity index is 1.22. The van der Waals surface area contributed by atoms with Crippen LogP contribution in [0.4, 0.5) is 11.5 Å². The van der Waals surface area contributed by atoms with Gasteiger partial charge in [-0.15, -0.1) is 0 Å². The van der Waals surface area contributed by atoms with Crippen molar-refractivity contribution in [3.05, 3.63) is 65.2 Å². The number of nitrogens with zero attached hydrogens (tertiary/aromatic N) is 2. The molecule has 1 fully saturated rings. The van der Waals surface area contributed by atoms with E-state index in [0.717, 1.165) is 62.9 Å². The first-order valence-electron chi connectivity index (χ1n) is 11.8. The van der Waals surface area contributed by atoms with Crippen molar-refractivity contribution in [2.75, 3.05) is 31.6 Å². The van der Waals surface area contributed by atoms with Crippen LogP contribution in [0.2, 0.25) is 5.02 Å². The quantitative estimate of drug-likeness (QED) is 0.320. The maximum atomic E-state index is 11.2. The molecule has 1 saturated heterocycles. The summed E-state index contributed by atoms with van der Waals surface area (Å²) in [7, 11) is 0. The number of hydrogen-bond acceptors (Lipinski definition) is 7.